The molecule has 2 N–H and O–H groups in total. The van der Waals surface area contributed by atoms with Crippen LogP contribution in [0.4, 0.5) is 0 Å². The Bertz CT molecular complexity index is 1040. The molecular formula is C10H16N2O8S4. The Kier molecular flexibility index (Phi) is 5.55. The number of hydrogen-bond acceptors (Lipinski definition) is 8. The summed E-state index contributed by atoms with van der Waals surface area (Å²) >= 11 is 0. The lowest BCUT2D eigenvalue weighted by atomic mass is 10.2. The van der Waals surface area contributed by atoms with Gasteiger partial charge in [-0.25, -0.2) is 38.8 Å². The van der Waals surface area contributed by atoms with Crippen molar-refractivity contribution in [2.24, 2.45) is 5.14 Å². The fraction of sp³-hybridized carbons (Fsp3) is 0.400. The highest BCUT2D eigenvalue weighted by Crippen LogP contribution is 2.23. The number of sulfonamides is 3. The summed E-state index contributed by atoms with van der Waals surface area (Å²) in [6, 6.07) is 2.83. The summed E-state index contributed by atoms with van der Waals surface area (Å²) in [6.45, 7) is -0.689. The van der Waals surface area contributed by atoms with Gasteiger partial charge in [0.1, 0.15) is 4.90 Å². The lowest BCUT2D eigenvalue weighted by molar-refractivity contribution is 0.502. The minimum atomic E-state index is -4.35. The summed E-state index contributed by atoms with van der Waals surface area (Å²) in [4.78, 5) is -1.32. The molecule has 24 heavy (non-hydrogen) atoms. The summed E-state index contributed by atoms with van der Waals surface area (Å²) in [7, 11) is -16.7. The first-order valence-corrected chi connectivity index (χ1v) is 13.1. The van der Waals surface area contributed by atoms with Crippen molar-refractivity contribution in [3.8, 4) is 0 Å². The molecule has 0 saturated heterocycles. The molecule has 0 atom stereocenters. The predicted octanol–water partition coefficient (Wildman–Crippen LogP) is -1.54. The zero-order chi connectivity index (χ0) is 19.1. The Balaban J connectivity index is 3.60. The van der Waals surface area contributed by atoms with E-state index in [2.05, 4.69) is 0 Å². The molecule has 1 rings (SSSR count). The van der Waals surface area contributed by atoms with Gasteiger partial charge in [-0.05, 0) is 17.7 Å². The molecule has 10 nitrogen and oxygen atoms in total. The van der Waals surface area contributed by atoms with Crippen LogP contribution >= 0.6 is 0 Å². The summed E-state index contributed by atoms with van der Waals surface area (Å²) in [5, 5.41) is 4.95. The van der Waals surface area contributed by atoms with Gasteiger partial charge in [-0.1, -0.05) is 9.78 Å². The highest BCUT2D eigenvalue weighted by Gasteiger charge is 2.28. The molecule has 1 aromatic carbocycles. The van der Waals surface area contributed by atoms with E-state index in [1.54, 1.807) is 0 Å². The number of sulfone groups is 1. The molecule has 0 aliphatic carbocycles. The summed E-state index contributed by atoms with van der Waals surface area (Å²) in [5.41, 5.74) is -0.0429. The minimum absolute atomic E-state index is 0.0429. The van der Waals surface area contributed by atoms with Crippen molar-refractivity contribution in [2.45, 2.75) is 16.3 Å². The van der Waals surface area contributed by atoms with Gasteiger partial charge in [0.05, 0.1) is 24.0 Å². The standard InChI is InChI=1S/C10H16N2O8S4/c1-21(13,14)10-6-8(4-5-9(10)24(11,19)20)7-12(22(2,15)16)23(3,17)18/h4-6H,7H2,1-3H3,(H2,11,19,20). The van der Waals surface area contributed by atoms with Gasteiger partial charge in [-0.15, -0.1) is 0 Å². The second kappa shape index (κ2) is 6.34. The van der Waals surface area contributed by atoms with Gasteiger partial charge in [0, 0.05) is 6.26 Å². The van der Waals surface area contributed by atoms with E-state index < -0.39 is 56.2 Å². The molecule has 0 amide bonds. The van der Waals surface area contributed by atoms with Gasteiger partial charge in [-0.3, -0.25) is 0 Å². The lowest BCUT2D eigenvalue weighted by Gasteiger charge is -2.18. The smallest absolute Gasteiger partial charge is 0.225 e. The maximum Gasteiger partial charge on any atom is 0.239 e. The van der Waals surface area contributed by atoms with Crippen LogP contribution in [0.15, 0.2) is 28.0 Å². The monoisotopic (exact) mass is 420 g/mol. The van der Waals surface area contributed by atoms with Gasteiger partial charge < -0.3 is 0 Å². The molecule has 0 saturated carbocycles. The van der Waals surface area contributed by atoms with Gasteiger partial charge >= 0.3 is 0 Å². The molecule has 0 aliphatic rings. The Morgan fingerprint density at radius 3 is 1.62 bits per heavy atom. The van der Waals surface area contributed by atoms with Crippen LogP contribution in [0.5, 0.6) is 0 Å². The summed E-state index contributed by atoms with van der Waals surface area (Å²) < 4.78 is 93.0. The average molecular weight is 421 g/mol. The van der Waals surface area contributed by atoms with Crippen LogP contribution in [0.1, 0.15) is 5.56 Å². The van der Waals surface area contributed by atoms with E-state index >= 15 is 0 Å². The van der Waals surface area contributed by atoms with Gasteiger partial charge in [-0.2, -0.15) is 0 Å². The van der Waals surface area contributed by atoms with E-state index in [0.29, 0.717) is 12.5 Å². The molecule has 0 aliphatic heterocycles. The lowest BCUT2D eigenvalue weighted by Crippen LogP contribution is -2.34. The minimum Gasteiger partial charge on any atom is -0.225 e. The Morgan fingerprint density at radius 2 is 1.29 bits per heavy atom. The molecule has 1 aromatic rings. The first-order valence-electron chi connectivity index (χ1n) is 5.97. The van der Waals surface area contributed by atoms with E-state index in [-0.39, 0.29) is 9.27 Å². The Morgan fingerprint density at radius 1 is 0.833 bits per heavy atom. The number of nitrogens with zero attached hydrogens (tertiary/aromatic N) is 1. The van der Waals surface area contributed by atoms with E-state index in [1.807, 2.05) is 0 Å². The molecule has 138 valence electrons. The highest BCUT2D eigenvalue weighted by atomic mass is 32.3. The maximum absolute atomic E-state index is 11.8. The van der Waals surface area contributed by atoms with E-state index in [9.17, 15) is 33.7 Å². The molecule has 0 spiro atoms. The average Bonchev–Trinajstić information content (AvgIpc) is 2.30. The number of primary sulfonamides is 1. The van der Waals surface area contributed by atoms with Crippen LogP contribution < -0.4 is 5.14 Å². The van der Waals surface area contributed by atoms with Crippen molar-refractivity contribution in [1.82, 2.24) is 3.71 Å². The van der Waals surface area contributed by atoms with Crippen molar-refractivity contribution >= 4 is 39.9 Å². The first kappa shape index (κ1) is 21.0. The van der Waals surface area contributed by atoms with Crippen LogP contribution in [0.25, 0.3) is 0 Å². The quantitative estimate of drug-likeness (QED) is 0.578. The zero-order valence-electron chi connectivity index (χ0n) is 12.9. The Hall–Kier alpha value is -1.06. The second-order valence-electron chi connectivity index (χ2n) is 5.06. The molecule has 0 heterocycles. The summed E-state index contributed by atoms with van der Waals surface area (Å²) in [5.74, 6) is 0. The molecular weight excluding hydrogens is 404 g/mol. The first-order chi connectivity index (χ1) is 10.4. The largest absolute Gasteiger partial charge is 0.239 e. The number of rotatable bonds is 6. The predicted molar refractivity (Wildman–Crippen MR) is 86.2 cm³/mol. The molecule has 0 unspecified atom stereocenters. The Labute approximate surface area is 141 Å². The third kappa shape index (κ3) is 5.22. The topological polar surface area (TPSA) is 166 Å². The fourth-order valence-corrected chi connectivity index (χ4v) is 6.74. The molecule has 0 aromatic heterocycles. The fourth-order valence-electron chi connectivity index (χ4n) is 1.81. The van der Waals surface area contributed by atoms with Gasteiger partial charge in [0.25, 0.3) is 0 Å². The van der Waals surface area contributed by atoms with E-state index in [0.717, 1.165) is 24.5 Å². The van der Waals surface area contributed by atoms with Gasteiger partial charge in [0.2, 0.25) is 30.1 Å². The number of nitrogens with two attached hydrogens (primary N) is 1. The highest BCUT2D eigenvalue weighted by molar-refractivity contribution is 8.03. The van der Waals surface area contributed by atoms with Crippen LogP contribution in [0.2, 0.25) is 0 Å². The van der Waals surface area contributed by atoms with Crippen molar-refractivity contribution in [2.75, 3.05) is 18.8 Å². The molecule has 14 heteroatoms. The third-order valence-corrected chi connectivity index (χ3v) is 8.36. The second-order valence-corrected chi connectivity index (χ2v) is 12.6. The molecule has 0 fully saturated rings. The van der Waals surface area contributed by atoms with Crippen molar-refractivity contribution < 1.29 is 33.7 Å². The maximum atomic E-state index is 11.8. The van der Waals surface area contributed by atoms with Crippen LogP contribution in [0, 0.1) is 0 Å². The van der Waals surface area contributed by atoms with Crippen LogP contribution in [-0.2, 0) is 46.5 Å². The molecule has 0 bridgehead atoms. The number of benzene rings is 1. The van der Waals surface area contributed by atoms with Crippen molar-refractivity contribution in [1.29, 1.82) is 0 Å². The van der Waals surface area contributed by atoms with Gasteiger partial charge in [0.15, 0.2) is 9.84 Å². The van der Waals surface area contributed by atoms with E-state index in [4.69, 9.17) is 5.14 Å². The normalized spacial score (nSPS) is 14.0. The third-order valence-electron chi connectivity index (χ3n) is 2.77. The number of hydrogen-bond donors (Lipinski definition) is 1. The van der Waals surface area contributed by atoms with E-state index in [1.165, 1.54) is 0 Å². The van der Waals surface area contributed by atoms with Crippen molar-refractivity contribution in [3.63, 3.8) is 0 Å². The van der Waals surface area contributed by atoms with Crippen LogP contribution in [-0.4, -0.2) is 56.1 Å². The summed E-state index contributed by atoms with van der Waals surface area (Å²) in [6.07, 6.45) is 2.08. The van der Waals surface area contributed by atoms with Crippen LogP contribution in [0.3, 0.4) is 0 Å². The molecule has 0 radical (unpaired) electrons. The van der Waals surface area contributed by atoms with Crippen molar-refractivity contribution in [3.05, 3.63) is 23.8 Å². The zero-order valence-corrected chi connectivity index (χ0v) is 16.1. The SMILES string of the molecule is CS(=O)(=O)c1cc(CN(S(C)(=O)=O)S(C)(=O)=O)ccc1S(N)(=O)=O.